The number of carbonyl (C=O) groups is 4. The van der Waals surface area contributed by atoms with Crippen LogP contribution in [0.15, 0.2) is 14.5 Å². The molecular weight excluding hydrogens is 546 g/mol. The van der Waals surface area contributed by atoms with Gasteiger partial charge in [-0.05, 0) is 39.2 Å². The van der Waals surface area contributed by atoms with Crippen molar-refractivity contribution in [3.63, 3.8) is 0 Å². The monoisotopic (exact) mass is 579 g/mol. The fourth-order valence-corrected chi connectivity index (χ4v) is 9.36. The first-order chi connectivity index (χ1) is 17.2. The van der Waals surface area contributed by atoms with Gasteiger partial charge < -0.3 is 14.4 Å². The minimum absolute atomic E-state index is 0.00596. The van der Waals surface area contributed by atoms with Crippen LogP contribution in [-0.2, 0) is 48.3 Å². The molecule has 1 aromatic rings. The molecule has 208 valence electrons. The molecule has 14 heteroatoms. The Morgan fingerprint density at radius 3 is 2.16 bits per heavy atom. The van der Waals surface area contributed by atoms with Gasteiger partial charge in [0.15, 0.2) is 19.7 Å². The van der Waals surface area contributed by atoms with Crippen LogP contribution in [0.2, 0.25) is 0 Å². The molecule has 0 saturated carbocycles. The Hall–Kier alpha value is -2.32. The number of amides is 1. The Morgan fingerprint density at radius 2 is 1.62 bits per heavy atom. The van der Waals surface area contributed by atoms with Gasteiger partial charge in [0.1, 0.15) is 20.0 Å². The molecule has 37 heavy (non-hydrogen) atoms. The van der Waals surface area contributed by atoms with Crippen LogP contribution in [0, 0.1) is 0 Å². The van der Waals surface area contributed by atoms with Gasteiger partial charge in [0, 0.05) is 38.8 Å². The SMILES string of the molecule is CCN(C(=O)CCCOC(C)=O)[C@H]1C[C@H](C)S(=O)(=O)c2sc(S(=O)(=O)CC(=O)CCCOC(C)=O)cc21. The van der Waals surface area contributed by atoms with Crippen molar-refractivity contribution in [1.29, 1.82) is 0 Å². The van der Waals surface area contributed by atoms with Gasteiger partial charge in [-0.2, -0.15) is 0 Å². The number of carbonyl (C=O) groups excluding carboxylic acids is 4. The largest absolute Gasteiger partial charge is 0.466 e. The standard InChI is InChI=1S/C23H33NO10S3/c1-5-24(21(28)9-7-11-34-17(4)26)20-12-15(2)37(31,32)23-19(20)13-22(35-23)36(29,30)14-18(27)8-6-10-33-16(3)25/h13,15,20H,5-12,14H2,1-4H3/t15-,20-/m0/s1. The van der Waals surface area contributed by atoms with Crippen molar-refractivity contribution in [3.8, 4) is 0 Å². The molecule has 2 rings (SSSR count). The summed E-state index contributed by atoms with van der Waals surface area (Å²) in [5, 5.41) is -0.843. The molecule has 0 aromatic carbocycles. The number of sulfone groups is 2. The Labute approximate surface area is 221 Å². The van der Waals surface area contributed by atoms with E-state index < -0.39 is 54.4 Å². The van der Waals surface area contributed by atoms with E-state index in [1.807, 2.05) is 0 Å². The minimum atomic E-state index is -4.13. The van der Waals surface area contributed by atoms with Crippen LogP contribution in [0.1, 0.15) is 71.4 Å². The summed E-state index contributed by atoms with van der Waals surface area (Å²) in [5.41, 5.74) is 0.235. The summed E-state index contributed by atoms with van der Waals surface area (Å²) in [6, 6.07) is 0.615. The minimum Gasteiger partial charge on any atom is -0.466 e. The quantitative estimate of drug-likeness (QED) is 0.251. The number of thiophene rings is 1. The molecule has 1 aliphatic rings. The second-order valence-electron chi connectivity index (χ2n) is 8.78. The summed E-state index contributed by atoms with van der Waals surface area (Å²) >= 11 is 0.602. The summed E-state index contributed by atoms with van der Waals surface area (Å²) < 4.78 is 61.3. The van der Waals surface area contributed by atoms with Crippen molar-refractivity contribution in [2.24, 2.45) is 0 Å². The summed E-state index contributed by atoms with van der Waals surface area (Å²) in [5.74, 6) is -2.61. The van der Waals surface area contributed by atoms with Gasteiger partial charge in [0.2, 0.25) is 5.91 Å². The van der Waals surface area contributed by atoms with Gasteiger partial charge >= 0.3 is 11.9 Å². The lowest BCUT2D eigenvalue weighted by atomic mass is 10.0. The summed E-state index contributed by atoms with van der Waals surface area (Å²) in [4.78, 5) is 48.5. The second-order valence-corrected chi connectivity index (χ2v) is 14.6. The lowest BCUT2D eigenvalue weighted by molar-refractivity contribution is -0.142. The first kappa shape index (κ1) is 30.9. The molecule has 1 amide bonds. The van der Waals surface area contributed by atoms with Crippen LogP contribution >= 0.6 is 11.3 Å². The van der Waals surface area contributed by atoms with E-state index >= 15 is 0 Å². The molecule has 0 aliphatic carbocycles. The van der Waals surface area contributed by atoms with E-state index in [1.54, 1.807) is 6.92 Å². The maximum absolute atomic E-state index is 13.1. The molecule has 2 atom stereocenters. The predicted molar refractivity (Wildman–Crippen MR) is 135 cm³/mol. The molecule has 11 nitrogen and oxygen atoms in total. The number of esters is 2. The van der Waals surface area contributed by atoms with Crippen molar-refractivity contribution in [1.82, 2.24) is 4.90 Å². The smallest absolute Gasteiger partial charge is 0.302 e. The van der Waals surface area contributed by atoms with Crippen molar-refractivity contribution in [2.45, 2.75) is 79.5 Å². The Morgan fingerprint density at radius 1 is 1.05 bits per heavy atom. The molecule has 2 heterocycles. The molecule has 1 aliphatic heterocycles. The zero-order valence-electron chi connectivity index (χ0n) is 21.4. The fraction of sp³-hybridized carbons (Fsp3) is 0.652. The molecule has 0 spiro atoms. The van der Waals surface area contributed by atoms with Crippen molar-refractivity contribution in [3.05, 3.63) is 11.6 Å². The van der Waals surface area contributed by atoms with Gasteiger partial charge in [-0.3, -0.25) is 19.2 Å². The van der Waals surface area contributed by atoms with Crippen LogP contribution in [0.3, 0.4) is 0 Å². The highest BCUT2D eigenvalue weighted by atomic mass is 32.3. The maximum atomic E-state index is 13.1. The van der Waals surface area contributed by atoms with Crippen LogP contribution < -0.4 is 0 Å². The highest BCUT2D eigenvalue weighted by molar-refractivity contribution is 7.96. The lowest BCUT2D eigenvalue weighted by Gasteiger charge is -2.36. The average molecular weight is 580 g/mol. The molecule has 0 bridgehead atoms. The molecule has 0 unspecified atom stereocenters. The first-order valence-corrected chi connectivity index (χ1v) is 15.9. The van der Waals surface area contributed by atoms with Crippen molar-refractivity contribution < 1.29 is 45.5 Å². The normalized spacial score (nSPS) is 18.5. The van der Waals surface area contributed by atoms with Crippen molar-refractivity contribution >= 4 is 54.6 Å². The van der Waals surface area contributed by atoms with Gasteiger partial charge in [-0.15, -0.1) is 11.3 Å². The average Bonchev–Trinajstić information content (AvgIpc) is 3.26. The number of hydrogen-bond acceptors (Lipinski definition) is 11. The number of ketones is 1. The van der Waals surface area contributed by atoms with E-state index in [-0.39, 0.29) is 65.3 Å². The number of nitrogens with zero attached hydrogens (tertiary/aromatic N) is 1. The predicted octanol–water partition coefficient (Wildman–Crippen LogP) is 2.23. The molecule has 0 fully saturated rings. The summed E-state index contributed by atoms with van der Waals surface area (Å²) in [7, 11) is -7.95. The van der Waals surface area contributed by atoms with E-state index in [0.29, 0.717) is 17.8 Å². The summed E-state index contributed by atoms with van der Waals surface area (Å²) in [6.45, 7) is 6.10. The first-order valence-electron chi connectivity index (χ1n) is 11.9. The zero-order chi connectivity index (χ0) is 28.0. The topological polar surface area (TPSA) is 158 Å². The van der Waals surface area contributed by atoms with Crippen molar-refractivity contribution in [2.75, 3.05) is 25.5 Å². The molecule has 0 saturated heterocycles. The molecular formula is C23H33NO10S3. The lowest BCUT2D eigenvalue weighted by Crippen LogP contribution is -2.40. The summed E-state index contributed by atoms with van der Waals surface area (Å²) in [6.07, 6.45) is 0.537. The third-order valence-corrected chi connectivity index (χ3v) is 12.0. The number of ether oxygens (including phenoxy) is 2. The number of hydrogen-bond donors (Lipinski definition) is 0. The second kappa shape index (κ2) is 13.0. The number of fused-ring (bicyclic) bond motifs is 1. The van der Waals surface area contributed by atoms with E-state index in [4.69, 9.17) is 9.47 Å². The van der Waals surface area contributed by atoms with E-state index in [9.17, 15) is 36.0 Å². The van der Waals surface area contributed by atoms with Gasteiger partial charge in [0.25, 0.3) is 0 Å². The molecule has 0 radical (unpaired) electrons. The van der Waals surface area contributed by atoms with E-state index in [0.717, 1.165) is 0 Å². The van der Waals surface area contributed by atoms with Gasteiger partial charge in [-0.25, -0.2) is 16.8 Å². The van der Waals surface area contributed by atoms with Crippen LogP contribution in [-0.4, -0.2) is 76.1 Å². The molecule has 0 N–H and O–H groups in total. The van der Waals surface area contributed by atoms with E-state index in [1.165, 1.54) is 31.7 Å². The fourth-order valence-electron chi connectivity index (χ4n) is 4.01. The van der Waals surface area contributed by atoms with E-state index in [2.05, 4.69) is 0 Å². The highest BCUT2D eigenvalue weighted by Gasteiger charge is 2.42. The number of rotatable bonds is 13. The Balaban J connectivity index is 2.27. The van der Waals surface area contributed by atoms with Crippen LogP contribution in [0.25, 0.3) is 0 Å². The maximum Gasteiger partial charge on any atom is 0.302 e. The van der Waals surface area contributed by atoms with Crippen LogP contribution in [0.4, 0.5) is 0 Å². The number of Topliss-reactive ketones (excluding diaryl/α,β-unsaturated/α-hetero) is 1. The zero-order valence-corrected chi connectivity index (χ0v) is 23.8. The van der Waals surface area contributed by atoms with Crippen LogP contribution in [0.5, 0.6) is 0 Å². The van der Waals surface area contributed by atoms with Gasteiger partial charge in [-0.1, -0.05) is 0 Å². The molecule has 1 aromatic heterocycles. The highest BCUT2D eigenvalue weighted by Crippen LogP contribution is 2.45. The Bertz CT molecular complexity index is 1230. The Kier molecular flexibility index (Phi) is 10.8. The van der Waals surface area contributed by atoms with Gasteiger partial charge in [0.05, 0.1) is 24.5 Å². The third-order valence-electron chi connectivity index (χ3n) is 5.85. The third kappa shape index (κ3) is 8.08.